The molecule has 4 unspecified atom stereocenters. The first-order chi connectivity index (χ1) is 17.8. The van der Waals surface area contributed by atoms with Crippen LogP contribution in [-0.2, 0) is 20.8 Å². The first-order valence-electron chi connectivity index (χ1n) is 11.6. The molecule has 2 N–H and O–H groups in total. The maximum absolute atomic E-state index is 11.0. The summed E-state index contributed by atoms with van der Waals surface area (Å²) in [5, 5.41) is 15.9. The van der Waals surface area contributed by atoms with E-state index in [1.807, 2.05) is 32.9 Å². The number of furan rings is 1. The Kier molecular flexibility index (Phi) is 5.58. The van der Waals surface area contributed by atoms with Gasteiger partial charge in [0.05, 0.1) is 18.9 Å². The van der Waals surface area contributed by atoms with Crippen molar-refractivity contribution in [2.75, 3.05) is 11.9 Å². The Hall–Kier alpha value is -4.01. The number of anilines is 1. The van der Waals surface area contributed by atoms with Gasteiger partial charge in [0.15, 0.2) is 29.0 Å². The normalized spacial score (nSPS) is 24.4. The molecule has 14 nitrogen and oxygen atoms in total. The molecular formula is C23H24N6O8. The maximum Gasteiger partial charge on any atom is 0.374 e. The molecule has 2 aliphatic rings. The number of imidazole rings is 1. The number of hydrogen-bond acceptors (Lipinski definition) is 12. The number of carbonyl (C=O) groups is 1. The molecule has 0 aliphatic carbocycles. The molecule has 2 saturated heterocycles. The van der Waals surface area contributed by atoms with Gasteiger partial charge in [0.1, 0.15) is 42.8 Å². The molecule has 6 heterocycles. The Morgan fingerprint density at radius 1 is 1.22 bits per heavy atom. The molecule has 4 aromatic heterocycles. The van der Waals surface area contributed by atoms with E-state index < -0.39 is 36.3 Å². The number of aromatic carboxylic acids is 1. The number of carboxylic acid groups (broad SMARTS) is 1. The largest absolute Gasteiger partial charge is 0.475 e. The number of fused-ring (bicyclic) bond motifs is 2. The van der Waals surface area contributed by atoms with Gasteiger partial charge in [0.2, 0.25) is 5.76 Å². The minimum Gasteiger partial charge on any atom is -0.475 e. The number of nitrogens with one attached hydrogen (secondary N) is 1. The standard InChI is InChI=1S/C23H24N6O8/c1-11-4-5-12(33-11)7-24-19-16-20(26-9-25-19)29(10-27-16)21-18-17(35-23(2,3)36-18)14(34-21)8-32-15-6-13(22(30)31)37-28-15/h4-6,9-10,14,17-18,21H,7-8H2,1-3H3,(H,30,31)(H,24,25,26). The molecule has 0 radical (unpaired) electrons. The summed E-state index contributed by atoms with van der Waals surface area (Å²) in [6, 6.07) is 4.99. The van der Waals surface area contributed by atoms with Crippen molar-refractivity contribution >= 4 is 23.0 Å². The summed E-state index contributed by atoms with van der Waals surface area (Å²) in [5.74, 6) is -0.229. The Morgan fingerprint density at radius 3 is 2.81 bits per heavy atom. The summed E-state index contributed by atoms with van der Waals surface area (Å²) in [4.78, 5) is 24.3. The number of carboxylic acids is 1. The fourth-order valence-corrected chi connectivity index (χ4v) is 4.53. The van der Waals surface area contributed by atoms with Crippen LogP contribution in [0.15, 0.2) is 39.8 Å². The van der Waals surface area contributed by atoms with Crippen LogP contribution in [0, 0.1) is 6.92 Å². The summed E-state index contributed by atoms with van der Waals surface area (Å²) in [6.45, 7) is 6.00. The van der Waals surface area contributed by atoms with E-state index in [2.05, 4.69) is 25.4 Å². The summed E-state index contributed by atoms with van der Waals surface area (Å²) < 4.78 is 36.4. The van der Waals surface area contributed by atoms with Crippen LogP contribution in [0.4, 0.5) is 5.82 Å². The lowest BCUT2D eigenvalue weighted by Gasteiger charge is -2.24. The third kappa shape index (κ3) is 4.39. The lowest BCUT2D eigenvalue weighted by atomic mass is 10.1. The van der Waals surface area contributed by atoms with E-state index in [1.165, 1.54) is 12.4 Å². The maximum atomic E-state index is 11.0. The molecule has 0 saturated carbocycles. The van der Waals surface area contributed by atoms with Gasteiger partial charge in [-0.15, -0.1) is 0 Å². The highest BCUT2D eigenvalue weighted by Gasteiger charge is 2.56. The van der Waals surface area contributed by atoms with E-state index in [4.69, 9.17) is 33.0 Å². The van der Waals surface area contributed by atoms with Crippen LogP contribution in [0.1, 0.15) is 42.2 Å². The van der Waals surface area contributed by atoms with Gasteiger partial charge in [0.25, 0.3) is 5.88 Å². The molecule has 37 heavy (non-hydrogen) atoms. The van der Waals surface area contributed by atoms with E-state index in [0.717, 1.165) is 11.5 Å². The topological polar surface area (TPSA) is 169 Å². The van der Waals surface area contributed by atoms with Crippen molar-refractivity contribution in [2.24, 2.45) is 0 Å². The quantitative estimate of drug-likeness (QED) is 0.353. The van der Waals surface area contributed by atoms with E-state index in [0.29, 0.717) is 23.5 Å². The van der Waals surface area contributed by atoms with Gasteiger partial charge in [-0.05, 0) is 38.1 Å². The molecule has 0 aromatic carbocycles. The van der Waals surface area contributed by atoms with Crippen molar-refractivity contribution in [1.82, 2.24) is 24.7 Å². The van der Waals surface area contributed by atoms with Gasteiger partial charge in [-0.3, -0.25) is 4.57 Å². The minimum absolute atomic E-state index is 0.0275. The number of aromatic nitrogens is 5. The Bertz CT molecular complexity index is 1440. The second-order valence-corrected chi connectivity index (χ2v) is 9.19. The molecule has 4 atom stereocenters. The molecule has 2 aliphatic heterocycles. The predicted octanol–water partition coefficient (Wildman–Crippen LogP) is 2.52. The van der Waals surface area contributed by atoms with Crippen LogP contribution in [0.3, 0.4) is 0 Å². The van der Waals surface area contributed by atoms with Crippen molar-refractivity contribution in [3.8, 4) is 5.88 Å². The highest BCUT2D eigenvalue weighted by atomic mass is 16.8. The lowest BCUT2D eigenvalue weighted by molar-refractivity contribution is -0.199. The van der Waals surface area contributed by atoms with Crippen LogP contribution < -0.4 is 10.1 Å². The third-order valence-electron chi connectivity index (χ3n) is 6.08. The highest BCUT2D eigenvalue weighted by Crippen LogP contribution is 2.44. The number of hydrogen-bond donors (Lipinski definition) is 2. The van der Waals surface area contributed by atoms with Crippen LogP contribution in [0.25, 0.3) is 11.2 Å². The van der Waals surface area contributed by atoms with Crippen molar-refractivity contribution in [1.29, 1.82) is 0 Å². The molecule has 6 rings (SSSR count). The van der Waals surface area contributed by atoms with E-state index in [-0.39, 0.29) is 18.2 Å². The SMILES string of the molecule is Cc1ccc(CNc2ncnc3c2ncn3C2OC(COc3cc(C(=O)O)on3)C3OC(C)(C)OC32)o1. The molecule has 2 fully saturated rings. The monoisotopic (exact) mass is 512 g/mol. The fraction of sp³-hybridized carbons (Fsp3) is 0.435. The smallest absolute Gasteiger partial charge is 0.374 e. The van der Waals surface area contributed by atoms with Crippen molar-refractivity contribution in [3.63, 3.8) is 0 Å². The number of rotatable bonds is 8. The molecule has 14 heteroatoms. The molecule has 194 valence electrons. The van der Waals surface area contributed by atoms with Crippen LogP contribution in [-0.4, -0.2) is 66.5 Å². The number of ether oxygens (including phenoxy) is 4. The van der Waals surface area contributed by atoms with E-state index in [1.54, 1.807) is 10.9 Å². The third-order valence-corrected chi connectivity index (χ3v) is 6.08. The summed E-state index contributed by atoms with van der Waals surface area (Å²) >= 11 is 0. The highest BCUT2D eigenvalue weighted by molar-refractivity contribution is 5.84. The van der Waals surface area contributed by atoms with Gasteiger partial charge in [0, 0.05) is 0 Å². The zero-order valence-electron chi connectivity index (χ0n) is 20.2. The predicted molar refractivity (Wildman–Crippen MR) is 123 cm³/mol. The van der Waals surface area contributed by atoms with Crippen LogP contribution in [0.2, 0.25) is 0 Å². The fourth-order valence-electron chi connectivity index (χ4n) is 4.53. The van der Waals surface area contributed by atoms with Crippen molar-refractivity contribution in [3.05, 3.63) is 48.1 Å². The Balaban J connectivity index is 1.23. The average Bonchev–Trinajstić information content (AvgIpc) is 3.66. The molecular weight excluding hydrogens is 488 g/mol. The molecule has 4 aromatic rings. The van der Waals surface area contributed by atoms with Gasteiger partial charge in [-0.25, -0.2) is 19.7 Å². The van der Waals surface area contributed by atoms with Gasteiger partial charge in [-0.1, -0.05) is 0 Å². The Morgan fingerprint density at radius 2 is 2.05 bits per heavy atom. The average molecular weight is 512 g/mol. The van der Waals surface area contributed by atoms with Gasteiger partial charge in [-0.2, -0.15) is 0 Å². The Labute approximate surface area is 209 Å². The molecule has 0 bridgehead atoms. The van der Waals surface area contributed by atoms with Crippen molar-refractivity contribution in [2.45, 2.75) is 57.6 Å². The molecule has 0 spiro atoms. The zero-order valence-corrected chi connectivity index (χ0v) is 20.2. The molecule has 0 amide bonds. The minimum atomic E-state index is -1.24. The van der Waals surface area contributed by atoms with Crippen LogP contribution >= 0.6 is 0 Å². The van der Waals surface area contributed by atoms with Crippen molar-refractivity contribution < 1.29 is 37.8 Å². The zero-order chi connectivity index (χ0) is 25.7. The second-order valence-electron chi connectivity index (χ2n) is 9.19. The van der Waals surface area contributed by atoms with E-state index in [9.17, 15) is 4.79 Å². The summed E-state index contributed by atoms with van der Waals surface area (Å²) in [6.07, 6.45) is 0.950. The van der Waals surface area contributed by atoms with Crippen LogP contribution in [0.5, 0.6) is 5.88 Å². The van der Waals surface area contributed by atoms with E-state index >= 15 is 0 Å². The van der Waals surface area contributed by atoms with Gasteiger partial charge >= 0.3 is 5.97 Å². The number of aryl methyl sites for hydroxylation is 1. The number of nitrogens with zero attached hydrogens (tertiary/aromatic N) is 5. The first kappa shape index (κ1) is 23.4. The second kappa shape index (κ2) is 8.83. The summed E-state index contributed by atoms with van der Waals surface area (Å²) in [5.41, 5.74) is 1.11. The summed E-state index contributed by atoms with van der Waals surface area (Å²) in [7, 11) is 0. The van der Waals surface area contributed by atoms with Gasteiger partial charge < -0.3 is 38.3 Å². The first-order valence-corrected chi connectivity index (χ1v) is 11.6. The lowest BCUT2D eigenvalue weighted by Crippen LogP contribution is -2.34.